The monoisotopic (exact) mass is 550 g/mol. The Morgan fingerprint density at radius 1 is 1.32 bits per heavy atom. The minimum absolute atomic E-state index is 0.152. The highest BCUT2D eigenvalue weighted by molar-refractivity contribution is 7.36. The molecule has 4 rings (SSSR count). The van der Waals surface area contributed by atoms with Crippen molar-refractivity contribution in [3.63, 3.8) is 0 Å². The molecule has 1 aromatic carbocycles. The quantitative estimate of drug-likeness (QED) is 0.218. The number of aliphatic hydroxyl groups excluding tert-OH is 1. The summed E-state index contributed by atoms with van der Waals surface area (Å²) in [6.07, 6.45) is -2.24. The number of hydroxylamine groups is 1. The molecule has 0 spiro atoms. The average molecular weight is 551 g/mol. The zero-order chi connectivity index (χ0) is 27.6. The van der Waals surface area contributed by atoms with Crippen molar-refractivity contribution in [2.75, 3.05) is 12.3 Å². The molecule has 12 nitrogen and oxygen atoms in total. The highest BCUT2D eigenvalue weighted by Gasteiger charge is 2.55. The first kappa shape index (κ1) is 27.8. The molecule has 0 saturated carbocycles. The number of halogens is 1. The van der Waals surface area contributed by atoms with E-state index in [0.717, 1.165) is 4.83 Å². The van der Waals surface area contributed by atoms with Crippen molar-refractivity contribution in [3.05, 3.63) is 54.5 Å². The van der Waals surface area contributed by atoms with Crippen LogP contribution in [0.5, 0.6) is 5.75 Å². The number of rotatable bonds is 10. The van der Waals surface area contributed by atoms with Gasteiger partial charge in [0.15, 0.2) is 18.0 Å². The first-order chi connectivity index (χ1) is 18.0. The third-order valence-corrected chi connectivity index (χ3v) is 7.24. The number of esters is 1. The molecule has 38 heavy (non-hydrogen) atoms. The van der Waals surface area contributed by atoms with Crippen molar-refractivity contribution in [1.82, 2.24) is 19.2 Å². The molecule has 14 heteroatoms. The Labute approximate surface area is 219 Å². The minimum atomic E-state index is -2.75. The summed E-state index contributed by atoms with van der Waals surface area (Å²) in [4.78, 5) is 27.1. The molecule has 0 aliphatic carbocycles. The number of alkyl halides is 1. The normalized spacial score (nSPS) is 24.6. The average Bonchev–Trinajstić information content (AvgIpc) is 3.42. The molecule has 3 aromatic rings. The van der Waals surface area contributed by atoms with E-state index in [4.69, 9.17) is 24.6 Å². The Kier molecular flexibility index (Phi) is 8.24. The Bertz CT molecular complexity index is 1300. The van der Waals surface area contributed by atoms with Gasteiger partial charge in [0.05, 0.1) is 10.9 Å². The smallest absolute Gasteiger partial charge is 0.462 e. The van der Waals surface area contributed by atoms with Gasteiger partial charge in [-0.3, -0.25) is 14.0 Å². The number of para-hydroxylation sites is 1. The van der Waals surface area contributed by atoms with Gasteiger partial charge in [-0.25, -0.2) is 18.9 Å². The fourth-order valence-corrected chi connectivity index (χ4v) is 4.94. The Hall–Kier alpha value is -3.22. The van der Waals surface area contributed by atoms with E-state index in [-0.39, 0.29) is 11.7 Å². The third-order valence-electron chi connectivity index (χ3n) is 6.09. The van der Waals surface area contributed by atoms with Gasteiger partial charge in [-0.1, -0.05) is 18.2 Å². The topological polar surface area (TPSA) is 151 Å². The molecule has 1 aliphatic heterocycles. The lowest BCUT2D eigenvalue weighted by Crippen LogP contribution is -2.40. The second-order valence-electron chi connectivity index (χ2n) is 9.25. The standard InChI is InChI=1S/C24H30FN5O7P/c1-14(2)35-22(32)15(3)30(38(33)37-17-8-6-5-7-9-17)34-12-18-20(31)21(25)24(4,36-18)16-10-19-27-13-28-23(26)29(19)11-16/h5-11,13-15,18,20-21,31H,12H2,1-4H3,(H2,26,27,28)/q+1/t15?,18-,20-,21-,24+/m1/s1. The number of aromatic nitrogens is 3. The molecule has 3 heterocycles. The highest BCUT2D eigenvalue weighted by atomic mass is 31.1. The number of nitrogen functional groups attached to an aromatic ring is 1. The summed E-state index contributed by atoms with van der Waals surface area (Å²) < 4.78 is 46.7. The number of nitrogens with zero attached hydrogens (tertiary/aromatic N) is 4. The lowest BCUT2D eigenvalue weighted by molar-refractivity contribution is -0.185. The Balaban J connectivity index is 1.52. The molecule has 2 aromatic heterocycles. The molecule has 2 unspecified atom stereocenters. The molecule has 6 atom stereocenters. The molecule has 1 aliphatic rings. The lowest BCUT2D eigenvalue weighted by atomic mass is 9.92. The number of anilines is 1. The van der Waals surface area contributed by atoms with E-state index in [1.54, 1.807) is 50.2 Å². The van der Waals surface area contributed by atoms with E-state index in [1.807, 2.05) is 0 Å². The molecular formula is C24H30FN5O7P+. The lowest BCUT2D eigenvalue weighted by Gasteiger charge is -2.25. The van der Waals surface area contributed by atoms with Gasteiger partial charge in [0.1, 0.15) is 36.4 Å². The summed E-state index contributed by atoms with van der Waals surface area (Å²) in [7, 11) is -2.75. The van der Waals surface area contributed by atoms with Crippen molar-refractivity contribution in [1.29, 1.82) is 0 Å². The van der Waals surface area contributed by atoms with Crippen LogP contribution in [0.1, 0.15) is 33.3 Å². The van der Waals surface area contributed by atoms with Gasteiger partial charge in [-0.2, -0.15) is 0 Å². The van der Waals surface area contributed by atoms with Crippen molar-refractivity contribution < 1.29 is 37.7 Å². The molecule has 1 saturated heterocycles. The molecule has 0 radical (unpaired) electrons. The van der Waals surface area contributed by atoms with Crippen molar-refractivity contribution in [2.24, 2.45) is 0 Å². The van der Waals surface area contributed by atoms with Crippen LogP contribution in [0.2, 0.25) is 0 Å². The van der Waals surface area contributed by atoms with Gasteiger partial charge in [-0.15, -0.1) is 0 Å². The summed E-state index contributed by atoms with van der Waals surface area (Å²) in [5.74, 6) is -0.276. The fraction of sp³-hybridized carbons (Fsp3) is 0.458. The largest absolute Gasteiger partial charge is 0.693 e. The number of carbonyl (C=O) groups excluding carboxylic acids is 1. The van der Waals surface area contributed by atoms with Crippen LogP contribution in [0.4, 0.5) is 10.3 Å². The van der Waals surface area contributed by atoms with Crippen LogP contribution >= 0.6 is 8.18 Å². The fourth-order valence-electron chi connectivity index (χ4n) is 4.02. The van der Waals surface area contributed by atoms with Crippen LogP contribution in [0, 0.1) is 0 Å². The number of hydrogen-bond acceptors (Lipinski definition) is 10. The first-order valence-corrected chi connectivity index (χ1v) is 13.1. The van der Waals surface area contributed by atoms with Gasteiger partial charge >= 0.3 is 14.1 Å². The van der Waals surface area contributed by atoms with Gasteiger partial charge < -0.3 is 20.3 Å². The van der Waals surface area contributed by atoms with Gasteiger partial charge in [0.2, 0.25) is 5.95 Å². The number of hydrogen-bond donors (Lipinski definition) is 2. The number of carbonyl (C=O) groups is 1. The summed E-state index contributed by atoms with van der Waals surface area (Å²) in [6, 6.07) is 8.74. The van der Waals surface area contributed by atoms with Crippen LogP contribution in [0.3, 0.4) is 0 Å². The van der Waals surface area contributed by atoms with Gasteiger partial charge in [0.25, 0.3) is 0 Å². The van der Waals surface area contributed by atoms with Crippen molar-refractivity contribution >= 4 is 25.7 Å². The number of fused-ring (bicyclic) bond motifs is 1. The molecule has 204 valence electrons. The second-order valence-corrected chi connectivity index (χ2v) is 10.3. The van der Waals surface area contributed by atoms with Gasteiger partial charge in [0, 0.05) is 16.3 Å². The van der Waals surface area contributed by atoms with Crippen LogP contribution in [0.15, 0.2) is 48.9 Å². The van der Waals surface area contributed by atoms with Crippen LogP contribution in [0.25, 0.3) is 5.65 Å². The maximum atomic E-state index is 15.5. The van der Waals surface area contributed by atoms with Crippen LogP contribution < -0.4 is 10.3 Å². The number of aliphatic hydroxyl groups is 1. The Morgan fingerprint density at radius 3 is 2.68 bits per heavy atom. The maximum Gasteiger partial charge on any atom is 0.693 e. The second kappa shape index (κ2) is 11.3. The van der Waals surface area contributed by atoms with E-state index in [2.05, 4.69) is 9.97 Å². The summed E-state index contributed by atoms with van der Waals surface area (Å²) in [5.41, 5.74) is 5.10. The van der Waals surface area contributed by atoms with E-state index < -0.39 is 56.9 Å². The van der Waals surface area contributed by atoms with E-state index in [9.17, 15) is 14.5 Å². The highest BCUT2D eigenvalue weighted by Crippen LogP contribution is 2.43. The van der Waals surface area contributed by atoms with Crippen molar-refractivity contribution in [3.8, 4) is 5.75 Å². The summed E-state index contributed by atoms with van der Waals surface area (Å²) in [5, 5.41) is 10.7. The van der Waals surface area contributed by atoms with E-state index >= 15 is 4.39 Å². The van der Waals surface area contributed by atoms with Crippen LogP contribution in [-0.2, 0) is 29.3 Å². The molecule has 0 amide bonds. The predicted molar refractivity (Wildman–Crippen MR) is 134 cm³/mol. The SMILES string of the molecule is CC(C)OC(=O)C(C)N(OC[C@H]1O[C@@](C)(c2cc3ncnc(N)n3c2)[C@H](F)[C@@H]1O)[P+](=O)Oc1ccccc1. The summed E-state index contributed by atoms with van der Waals surface area (Å²) >= 11 is 0. The zero-order valence-corrected chi connectivity index (χ0v) is 22.2. The third kappa shape index (κ3) is 5.62. The van der Waals surface area contributed by atoms with Gasteiger partial charge in [-0.05, 0) is 45.9 Å². The number of nitrogens with two attached hydrogens (primary N) is 1. The number of benzene rings is 1. The maximum absolute atomic E-state index is 15.5. The number of ether oxygens (including phenoxy) is 2. The predicted octanol–water partition coefficient (Wildman–Crippen LogP) is 2.93. The van der Waals surface area contributed by atoms with E-state index in [0.29, 0.717) is 11.2 Å². The van der Waals surface area contributed by atoms with Crippen LogP contribution in [-0.4, -0.2) is 67.4 Å². The summed E-state index contributed by atoms with van der Waals surface area (Å²) in [6.45, 7) is 5.82. The molecular weight excluding hydrogens is 520 g/mol. The minimum Gasteiger partial charge on any atom is -0.462 e. The zero-order valence-electron chi connectivity index (χ0n) is 21.3. The first-order valence-electron chi connectivity index (χ1n) is 11.9. The molecule has 1 fully saturated rings. The molecule has 3 N–H and O–H groups in total. The van der Waals surface area contributed by atoms with E-state index in [1.165, 1.54) is 30.8 Å². The Morgan fingerprint density at radius 2 is 2.03 bits per heavy atom. The molecule has 0 bridgehead atoms. The van der Waals surface area contributed by atoms with Crippen molar-refractivity contribution in [2.45, 2.75) is 63.8 Å².